The first-order chi connectivity index (χ1) is 10.6. The topological polar surface area (TPSA) is 66.9 Å². The lowest BCUT2D eigenvalue weighted by molar-refractivity contribution is 0.0957. The number of nitrogens with zero attached hydrogens (tertiary/aromatic N) is 2. The van der Waals surface area contributed by atoms with Crippen molar-refractivity contribution in [1.82, 2.24) is 15.5 Å². The van der Waals surface area contributed by atoms with Crippen LogP contribution >= 0.6 is 0 Å². The second-order valence-electron chi connectivity index (χ2n) is 5.53. The van der Waals surface area contributed by atoms with Crippen LogP contribution in [0.4, 0.5) is 10.2 Å². The van der Waals surface area contributed by atoms with Crippen LogP contribution in [0.25, 0.3) is 0 Å². The van der Waals surface area contributed by atoms with E-state index in [0.29, 0.717) is 12.4 Å². The van der Waals surface area contributed by atoms with E-state index in [2.05, 4.69) is 20.8 Å². The Labute approximate surface area is 128 Å². The summed E-state index contributed by atoms with van der Waals surface area (Å²) in [5.41, 5.74) is 1.26. The second-order valence-corrected chi connectivity index (χ2v) is 5.53. The fourth-order valence-electron chi connectivity index (χ4n) is 2.47. The predicted molar refractivity (Wildman–Crippen MR) is 81.2 cm³/mol. The standard InChI is InChI=1S/C16H17FN4O/c1-18-15(22)13-5-6-14(21-20-13)19-10-16(7-8-16)11-3-2-4-12(17)9-11/h2-6,9H,7-8,10H2,1H3,(H,18,22)(H,19,21). The van der Waals surface area contributed by atoms with E-state index in [9.17, 15) is 9.18 Å². The van der Waals surface area contributed by atoms with Crippen LogP contribution in [-0.2, 0) is 5.41 Å². The number of hydrogen-bond acceptors (Lipinski definition) is 4. The highest BCUT2D eigenvalue weighted by molar-refractivity contribution is 5.91. The molecule has 0 unspecified atom stereocenters. The highest BCUT2D eigenvalue weighted by Crippen LogP contribution is 2.48. The summed E-state index contributed by atoms with van der Waals surface area (Å²) in [4.78, 5) is 11.4. The Balaban J connectivity index is 1.66. The summed E-state index contributed by atoms with van der Waals surface area (Å²) in [7, 11) is 1.55. The Hall–Kier alpha value is -2.50. The van der Waals surface area contributed by atoms with Gasteiger partial charge in [0.2, 0.25) is 0 Å². The van der Waals surface area contributed by atoms with E-state index in [0.717, 1.165) is 18.4 Å². The molecule has 6 heteroatoms. The minimum Gasteiger partial charge on any atom is -0.368 e. The van der Waals surface area contributed by atoms with Gasteiger partial charge < -0.3 is 10.6 Å². The summed E-state index contributed by atoms with van der Waals surface area (Å²) in [6.07, 6.45) is 2.04. The first-order valence-electron chi connectivity index (χ1n) is 7.19. The number of hydrogen-bond donors (Lipinski definition) is 2. The van der Waals surface area contributed by atoms with Crippen molar-refractivity contribution in [3.63, 3.8) is 0 Å². The van der Waals surface area contributed by atoms with Gasteiger partial charge in [-0.25, -0.2) is 4.39 Å². The summed E-state index contributed by atoms with van der Waals surface area (Å²) in [6, 6.07) is 10.1. The molecule has 1 amide bonds. The lowest BCUT2D eigenvalue weighted by Crippen LogP contribution is -2.22. The van der Waals surface area contributed by atoms with Gasteiger partial charge in [-0.3, -0.25) is 4.79 Å². The Bertz CT molecular complexity index is 683. The SMILES string of the molecule is CNC(=O)c1ccc(NCC2(c3cccc(F)c3)CC2)nn1. The van der Waals surface area contributed by atoms with Gasteiger partial charge in [-0.15, -0.1) is 10.2 Å². The lowest BCUT2D eigenvalue weighted by atomic mass is 9.96. The van der Waals surface area contributed by atoms with Gasteiger partial charge in [-0.05, 0) is 42.7 Å². The minimum atomic E-state index is -0.266. The molecule has 1 heterocycles. The van der Waals surface area contributed by atoms with E-state index in [4.69, 9.17) is 0 Å². The molecule has 0 saturated heterocycles. The number of benzene rings is 1. The molecule has 1 fully saturated rings. The van der Waals surface area contributed by atoms with E-state index in [1.54, 1.807) is 31.3 Å². The molecule has 1 aromatic heterocycles. The van der Waals surface area contributed by atoms with Crippen molar-refractivity contribution in [2.75, 3.05) is 18.9 Å². The molecule has 1 aromatic carbocycles. The summed E-state index contributed by atoms with van der Waals surface area (Å²) in [5.74, 6) is 0.131. The molecule has 0 bridgehead atoms. The molecule has 0 spiro atoms. The van der Waals surface area contributed by atoms with E-state index in [-0.39, 0.29) is 22.8 Å². The van der Waals surface area contributed by atoms with Gasteiger partial charge in [0.15, 0.2) is 5.69 Å². The highest BCUT2D eigenvalue weighted by Gasteiger charge is 2.44. The van der Waals surface area contributed by atoms with Gasteiger partial charge in [-0.2, -0.15) is 0 Å². The van der Waals surface area contributed by atoms with Crippen molar-refractivity contribution >= 4 is 11.7 Å². The first-order valence-corrected chi connectivity index (χ1v) is 7.19. The summed E-state index contributed by atoms with van der Waals surface area (Å²) >= 11 is 0. The zero-order valence-electron chi connectivity index (χ0n) is 12.3. The Morgan fingerprint density at radius 1 is 1.27 bits per heavy atom. The number of carbonyl (C=O) groups is 1. The van der Waals surface area contributed by atoms with Gasteiger partial charge in [0, 0.05) is 19.0 Å². The van der Waals surface area contributed by atoms with Crippen molar-refractivity contribution in [3.05, 3.63) is 53.5 Å². The van der Waals surface area contributed by atoms with E-state index in [1.807, 2.05) is 6.07 Å². The maximum atomic E-state index is 13.4. The molecule has 3 rings (SSSR count). The van der Waals surface area contributed by atoms with Crippen molar-refractivity contribution < 1.29 is 9.18 Å². The Kier molecular flexibility index (Phi) is 3.75. The third kappa shape index (κ3) is 2.90. The van der Waals surface area contributed by atoms with Crippen LogP contribution in [0.1, 0.15) is 28.9 Å². The molecule has 1 aliphatic carbocycles. The number of anilines is 1. The molecule has 22 heavy (non-hydrogen) atoms. The fourth-order valence-corrected chi connectivity index (χ4v) is 2.47. The summed E-state index contributed by atoms with van der Waals surface area (Å²) < 4.78 is 13.4. The second kappa shape index (κ2) is 5.71. The molecular formula is C16H17FN4O. The fraction of sp³-hybridized carbons (Fsp3) is 0.312. The molecule has 114 valence electrons. The lowest BCUT2D eigenvalue weighted by Gasteiger charge is -2.17. The normalized spacial score (nSPS) is 15.2. The number of aromatic nitrogens is 2. The number of amides is 1. The maximum Gasteiger partial charge on any atom is 0.271 e. The third-order valence-electron chi connectivity index (χ3n) is 4.02. The molecule has 2 N–H and O–H groups in total. The van der Waals surface area contributed by atoms with E-state index in [1.165, 1.54) is 6.07 Å². The number of halogens is 1. The van der Waals surface area contributed by atoms with Gasteiger partial charge in [-0.1, -0.05) is 12.1 Å². The van der Waals surface area contributed by atoms with Gasteiger partial charge in [0.05, 0.1) is 0 Å². The number of rotatable bonds is 5. The van der Waals surface area contributed by atoms with Gasteiger partial charge >= 0.3 is 0 Å². The van der Waals surface area contributed by atoms with Crippen LogP contribution in [0.2, 0.25) is 0 Å². The van der Waals surface area contributed by atoms with Crippen molar-refractivity contribution in [2.45, 2.75) is 18.3 Å². The largest absolute Gasteiger partial charge is 0.368 e. The predicted octanol–water partition coefficient (Wildman–Crippen LogP) is 2.12. The minimum absolute atomic E-state index is 0.0246. The molecule has 0 aliphatic heterocycles. The third-order valence-corrected chi connectivity index (χ3v) is 4.02. The van der Waals surface area contributed by atoms with Crippen LogP contribution in [0.5, 0.6) is 0 Å². The molecule has 0 radical (unpaired) electrons. The summed E-state index contributed by atoms with van der Waals surface area (Å²) in [6.45, 7) is 0.671. The van der Waals surface area contributed by atoms with Crippen LogP contribution in [0.15, 0.2) is 36.4 Å². The monoisotopic (exact) mass is 300 g/mol. The van der Waals surface area contributed by atoms with Crippen LogP contribution < -0.4 is 10.6 Å². The Morgan fingerprint density at radius 2 is 2.09 bits per heavy atom. The van der Waals surface area contributed by atoms with E-state index < -0.39 is 0 Å². The van der Waals surface area contributed by atoms with Crippen LogP contribution in [0, 0.1) is 5.82 Å². The average Bonchev–Trinajstić information content (AvgIpc) is 3.34. The quantitative estimate of drug-likeness (QED) is 0.887. The Morgan fingerprint density at radius 3 is 2.68 bits per heavy atom. The molecule has 2 aromatic rings. The van der Waals surface area contributed by atoms with Gasteiger partial charge in [0.1, 0.15) is 11.6 Å². The first kappa shape index (κ1) is 14.4. The zero-order chi connectivity index (χ0) is 15.6. The molecule has 0 atom stereocenters. The van der Waals surface area contributed by atoms with E-state index >= 15 is 0 Å². The molecule has 1 aliphatic rings. The average molecular weight is 300 g/mol. The van der Waals surface area contributed by atoms with Crippen molar-refractivity contribution in [1.29, 1.82) is 0 Å². The van der Waals surface area contributed by atoms with Crippen molar-refractivity contribution in [2.24, 2.45) is 0 Å². The van der Waals surface area contributed by atoms with Crippen molar-refractivity contribution in [3.8, 4) is 0 Å². The molecular weight excluding hydrogens is 283 g/mol. The number of carbonyl (C=O) groups excluding carboxylic acids is 1. The summed E-state index contributed by atoms with van der Waals surface area (Å²) in [5, 5.41) is 13.6. The highest BCUT2D eigenvalue weighted by atomic mass is 19.1. The molecule has 5 nitrogen and oxygen atoms in total. The van der Waals surface area contributed by atoms with Crippen LogP contribution in [0.3, 0.4) is 0 Å². The molecule has 1 saturated carbocycles. The van der Waals surface area contributed by atoms with Gasteiger partial charge in [0.25, 0.3) is 5.91 Å². The zero-order valence-corrected chi connectivity index (χ0v) is 12.3. The smallest absolute Gasteiger partial charge is 0.271 e. The number of nitrogens with one attached hydrogen (secondary N) is 2. The van der Waals surface area contributed by atoms with Crippen LogP contribution in [-0.4, -0.2) is 29.7 Å². The maximum absolute atomic E-state index is 13.4.